The summed E-state index contributed by atoms with van der Waals surface area (Å²) in [5, 5.41) is 11.7. The van der Waals surface area contributed by atoms with Crippen LogP contribution in [0.15, 0.2) is 28.7 Å². The Morgan fingerprint density at radius 2 is 2.24 bits per heavy atom. The molecule has 1 aromatic carbocycles. The van der Waals surface area contributed by atoms with Crippen LogP contribution in [0, 0.1) is 0 Å². The quantitative estimate of drug-likeness (QED) is 0.892. The third-order valence-electron chi connectivity index (χ3n) is 3.11. The van der Waals surface area contributed by atoms with E-state index in [1.54, 1.807) is 6.07 Å². The molecule has 1 saturated heterocycles. The Morgan fingerprint density at radius 3 is 3.00 bits per heavy atom. The first-order chi connectivity index (χ1) is 8.24. The van der Waals surface area contributed by atoms with Crippen molar-refractivity contribution >= 4 is 22.6 Å². The van der Waals surface area contributed by atoms with Gasteiger partial charge >= 0.3 is 0 Å². The standard InChI is InChI=1S/C13H13ClO3/c14-9-3-4-10-8(6-9)7-12(17-10)13(15)11-2-1-5-16-11/h3-4,6-7,11,13,15H,1-2,5H2. The molecule has 1 fully saturated rings. The number of benzene rings is 1. The van der Waals surface area contributed by atoms with E-state index in [4.69, 9.17) is 20.8 Å². The lowest BCUT2D eigenvalue weighted by Crippen LogP contribution is -2.16. The number of hydrogen-bond donors (Lipinski definition) is 1. The average molecular weight is 253 g/mol. The van der Waals surface area contributed by atoms with Gasteiger partial charge in [-0.05, 0) is 37.1 Å². The maximum Gasteiger partial charge on any atom is 0.138 e. The van der Waals surface area contributed by atoms with Crippen molar-refractivity contribution < 1.29 is 14.3 Å². The maximum atomic E-state index is 10.1. The molecule has 0 aliphatic carbocycles. The molecule has 3 rings (SSSR count). The van der Waals surface area contributed by atoms with Crippen LogP contribution in [0.4, 0.5) is 0 Å². The Hall–Kier alpha value is -1.03. The van der Waals surface area contributed by atoms with Crippen LogP contribution < -0.4 is 0 Å². The van der Waals surface area contributed by atoms with E-state index in [9.17, 15) is 5.11 Å². The van der Waals surface area contributed by atoms with Crippen LogP contribution in [0.5, 0.6) is 0 Å². The van der Waals surface area contributed by atoms with E-state index in [1.807, 2.05) is 18.2 Å². The van der Waals surface area contributed by atoms with Gasteiger partial charge in [-0.1, -0.05) is 11.6 Å². The van der Waals surface area contributed by atoms with Gasteiger partial charge in [0.1, 0.15) is 17.4 Å². The Morgan fingerprint density at radius 1 is 1.35 bits per heavy atom. The Bertz CT molecular complexity index is 528. The molecule has 90 valence electrons. The Balaban J connectivity index is 1.94. The maximum absolute atomic E-state index is 10.1. The molecule has 2 unspecified atom stereocenters. The van der Waals surface area contributed by atoms with Crippen molar-refractivity contribution in [2.24, 2.45) is 0 Å². The number of ether oxygens (including phenoxy) is 1. The number of aliphatic hydroxyl groups is 1. The Labute approximate surface area is 104 Å². The van der Waals surface area contributed by atoms with E-state index in [0.29, 0.717) is 17.4 Å². The molecule has 1 aromatic heterocycles. The first-order valence-electron chi connectivity index (χ1n) is 5.73. The van der Waals surface area contributed by atoms with Crippen molar-refractivity contribution in [3.63, 3.8) is 0 Å². The first kappa shape index (κ1) is 11.1. The second-order valence-electron chi connectivity index (χ2n) is 4.33. The number of hydrogen-bond acceptors (Lipinski definition) is 3. The van der Waals surface area contributed by atoms with Crippen LogP contribution in [0.1, 0.15) is 24.7 Å². The van der Waals surface area contributed by atoms with E-state index in [-0.39, 0.29) is 6.10 Å². The van der Waals surface area contributed by atoms with Gasteiger partial charge in [0.2, 0.25) is 0 Å². The molecule has 2 atom stereocenters. The highest BCUT2D eigenvalue weighted by atomic mass is 35.5. The van der Waals surface area contributed by atoms with Crippen LogP contribution >= 0.6 is 11.6 Å². The zero-order valence-corrected chi connectivity index (χ0v) is 9.98. The second kappa shape index (κ2) is 4.33. The van der Waals surface area contributed by atoms with Crippen LogP contribution in [-0.4, -0.2) is 17.8 Å². The highest BCUT2D eigenvalue weighted by molar-refractivity contribution is 6.31. The molecule has 1 aliphatic heterocycles. The zero-order chi connectivity index (χ0) is 11.8. The highest BCUT2D eigenvalue weighted by Crippen LogP contribution is 2.31. The van der Waals surface area contributed by atoms with Gasteiger partial charge in [-0.3, -0.25) is 0 Å². The van der Waals surface area contributed by atoms with Crippen LogP contribution in [0.25, 0.3) is 11.0 Å². The minimum atomic E-state index is -0.691. The monoisotopic (exact) mass is 252 g/mol. The normalized spacial score (nSPS) is 22.1. The summed E-state index contributed by atoms with van der Waals surface area (Å²) in [5.41, 5.74) is 0.737. The fourth-order valence-electron chi connectivity index (χ4n) is 2.22. The van der Waals surface area contributed by atoms with Gasteiger partial charge in [-0.2, -0.15) is 0 Å². The third kappa shape index (κ3) is 2.06. The average Bonchev–Trinajstić information content (AvgIpc) is 2.96. The molecule has 0 spiro atoms. The van der Waals surface area contributed by atoms with Gasteiger partial charge in [0.15, 0.2) is 0 Å². The summed E-state index contributed by atoms with van der Waals surface area (Å²) in [6.07, 6.45) is 1.03. The van der Waals surface area contributed by atoms with Crippen molar-refractivity contribution in [3.05, 3.63) is 35.0 Å². The summed E-state index contributed by atoms with van der Waals surface area (Å²) in [4.78, 5) is 0. The molecule has 17 heavy (non-hydrogen) atoms. The lowest BCUT2D eigenvalue weighted by molar-refractivity contribution is -0.0124. The molecule has 1 aliphatic rings. The van der Waals surface area contributed by atoms with Gasteiger partial charge in [-0.25, -0.2) is 0 Å². The largest absolute Gasteiger partial charge is 0.458 e. The number of furan rings is 1. The first-order valence-corrected chi connectivity index (χ1v) is 6.10. The van der Waals surface area contributed by atoms with Crippen LogP contribution in [-0.2, 0) is 4.74 Å². The zero-order valence-electron chi connectivity index (χ0n) is 9.23. The molecule has 2 aromatic rings. The van der Waals surface area contributed by atoms with Crippen molar-refractivity contribution in [1.82, 2.24) is 0 Å². The van der Waals surface area contributed by atoms with Crippen LogP contribution in [0.3, 0.4) is 0 Å². The summed E-state index contributed by atoms with van der Waals surface area (Å²) in [7, 11) is 0. The lowest BCUT2D eigenvalue weighted by atomic mass is 10.1. The fraction of sp³-hybridized carbons (Fsp3) is 0.385. The summed E-state index contributed by atoms with van der Waals surface area (Å²) in [5.74, 6) is 0.550. The van der Waals surface area contributed by atoms with E-state index < -0.39 is 6.10 Å². The van der Waals surface area contributed by atoms with Gasteiger partial charge in [0, 0.05) is 17.0 Å². The van der Waals surface area contributed by atoms with Crippen molar-refractivity contribution in [2.75, 3.05) is 6.61 Å². The number of halogens is 1. The third-order valence-corrected chi connectivity index (χ3v) is 3.34. The summed E-state index contributed by atoms with van der Waals surface area (Å²) in [6, 6.07) is 7.23. The number of fused-ring (bicyclic) bond motifs is 1. The number of aliphatic hydroxyl groups excluding tert-OH is 1. The smallest absolute Gasteiger partial charge is 0.138 e. The second-order valence-corrected chi connectivity index (χ2v) is 4.76. The molecular formula is C13H13ClO3. The SMILES string of the molecule is OC(c1cc2cc(Cl)ccc2o1)C1CCCO1. The van der Waals surface area contributed by atoms with Gasteiger partial charge in [0.25, 0.3) is 0 Å². The topological polar surface area (TPSA) is 42.6 Å². The highest BCUT2D eigenvalue weighted by Gasteiger charge is 2.27. The van der Waals surface area contributed by atoms with E-state index >= 15 is 0 Å². The van der Waals surface area contributed by atoms with Crippen molar-refractivity contribution in [3.8, 4) is 0 Å². The van der Waals surface area contributed by atoms with E-state index in [2.05, 4.69) is 0 Å². The summed E-state index contributed by atoms with van der Waals surface area (Å²) >= 11 is 5.91. The molecule has 3 nitrogen and oxygen atoms in total. The molecule has 1 N–H and O–H groups in total. The van der Waals surface area contributed by atoms with E-state index in [1.165, 1.54) is 0 Å². The molecule has 0 radical (unpaired) electrons. The lowest BCUT2D eigenvalue weighted by Gasteiger charge is -2.14. The fourth-order valence-corrected chi connectivity index (χ4v) is 2.40. The van der Waals surface area contributed by atoms with Crippen LogP contribution in [0.2, 0.25) is 5.02 Å². The Kier molecular flexibility index (Phi) is 2.82. The molecule has 0 amide bonds. The van der Waals surface area contributed by atoms with Crippen molar-refractivity contribution in [2.45, 2.75) is 25.0 Å². The summed E-state index contributed by atoms with van der Waals surface area (Å²) in [6.45, 7) is 0.716. The predicted molar refractivity (Wildman–Crippen MR) is 65.2 cm³/mol. The van der Waals surface area contributed by atoms with E-state index in [0.717, 1.165) is 23.8 Å². The van der Waals surface area contributed by atoms with Gasteiger partial charge in [0.05, 0.1) is 6.10 Å². The van der Waals surface area contributed by atoms with Crippen molar-refractivity contribution in [1.29, 1.82) is 0 Å². The molecule has 0 bridgehead atoms. The molecule has 2 heterocycles. The number of rotatable bonds is 2. The van der Waals surface area contributed by atoms with Gasteiger partial charge in [-0.15, -0.1) is 0 Å². The summed E-state index contributed by atoms with van der Waals surface area (Å²) < 4.78 is 11.1. The minimum absolute atomic E-state index is 0.147. The van der Waals surface area contributed by atoms with Gasteiger partial charge < -0.3 is 14.3 Å². The molecular weight excluding hydrogens is 240 g/mol. The minimum Gasteiger partial charge on any atom is -0.458 e. The molecule has 0 saturated carbocycles. The molecule has 4 heteroatoms. The predicted octanol–water partition coefficient (Wildman–Crippen LogP) is 3.30.